The van der Waals surface area contributed by atoms with E-state index < -0.39 is 6.04 Å². The molecule has 1 saturated heterocycles. The Morgan fingerprint density at radius 1 is 1.24 bits per heavy atom. The highest BCUT2D eigenvalue weighted by atomic mass is 16.2. The molecule has 0 spiro atoms. The van der Waals surface area contributed by atoms with Gasteiger partial charge in [0.1, 0.15) is 12.6 Å². The molecule has 2 rings (SSSR count). The van der Waals surface area contributed by atoms with E-state index in [-0.39, 0.29) is 23.9 Å². The maximum Gasteiger partial charge on any atom is 0.250 e. The molecule has 0 saturated carbocycles. The standard InChI is InChI=1S/C15H21N3O3/c1-3-12-15(21)16(4-2)9-10-18(12)14(20)11-17-8-6-5-7-13(17)19/h5-8,12H,3-4,9-11H2,1-2H3. The first-order valence-corrected chi connectivity index (χ1v) is 7.32. The summed E-state index contributed by atoms with van der Waals surface area (Å²) in [6, 6.07) is 4.36. The number of hydrogen-bond donors (Lipinski definition) is 0. The fourth-order valence-electron chi connectivity index (χ4n) is 2.67. The van der Waals surface area contributed by atoms with Gasteiger partial charge >= 0.3 is 0 Å². The molecule has 2 heterocycles. The Hall–Kier alpha value is -2.11. The highest BCUT2D eigenvalue weighted by Crippen LogP contribution is 2.15. The van der Waals surface area contributed by atoms with Crippen molar-refractivity contribution < 1.29 is 9.59 Å². The quantitative estimate of drug-likeness (QED) is 0.802. The van der Waals surface area contributed by atoms with Gasteiger partial charge in [0.25, 0.3) is 5.56 Å². The van der Waals surface area contributed by atoms with Gasteiger partial charge in [-0.25, -0.2) is 0 Å². The predicted octanol–water partition coefficient (Wildman–Crippen LogP) is 0.318. The van der Waals surface area contributed by atoms with Crippen LogP contribution in [0.2, 0.25) is 0 Å². The molecule has 21 heavy (non-hydrogen) atoms. The van der Waals surface area contributed by atoms with E-state index in [0.717, 1.165) is 0 Å². The van der Waals surface area contributed by atoms with Crippen molar-refractivity contribution in [2.75, 3.05) is 19.6 Å². The average molecular weight is 291 g/mol. The lowest BCUT2D eigenvalue weighted by atomic mass is 10.1. The second-order valence-electron chi connectivity index (χ2n) is 5.10. The smallest absolute Gasteiger partial charge is 0.250 e. The normalized spacial score (nSPS) is 19.0. The van der Waals surface area contributed by atoms with Gasteiger partial charge in [0.05, 0.1) is 0 Å². The first kappa shape index (κ1) is 15.3. The molecule has 1 atom stereocenters. The van der Waals surface area contributed by atoms with E-state index in [1.807, 2.05) is 13.8 Å². The van der Waals surface area contributed by atoms with E-state index in [1.165, 1.54) is 10.6 Å². The number of carbonyl (C=O) groups excluding carboxylic acids is 2. The summed E-state index contributed by atoms with van der Waals surface area (Å²) >= 11 is 0. The molecule has 2 amide bonds. The van der Waals surface area contributed by atoms with Gasteiger partial charge in [-0.2, -0.15) is 0 Å². The van der Waals surface area contributed by atoms with Crippen LogP contribution in [0.25, 0.3) is 0 Å². The summed E-state index contributed by atoms with van der Waals surface area (Å²) in [7, 11) is 0. The number of rotatable bonds is 4. The molecule has 0 aliphatic carbocycles. The van der Waals surface area contributed by atoms with E-state index in [0.29, 0.717) is 26.1 Å². The molecule has 1 aliphatic heterocycles. The Morgan fingerprint density at radius 2 is 2.00 bits per heavy atom. The molecule has 1 aliphatic rings. The zero-order valence-corrected chi connectivity index (χ0v) is 12.5. The van der Waals surface area contributed by atoms with Gasteiger partial charge in [-0.15, -0.1) is 0 Å². The Labute approximate surface area is 124 Å². The third-order valence-electron chi connectivity index (χ3n) is 3.88. The van der Waals surface area contributed by atoms with Gasteiger partial charge in [-0.3, -0.25) is 14.4 Å². The summed E-state index contributed by atoms with van der Waals surface area (Å²) in [5.74, 6) is -0.181. The van der Waals surface area contributed by atoms with Crippen LogP contribution in [0.5, 0.6) is 0 Å². The molecule has 1 aromatic heterocycles. The van der Waals surface area contributed by atoms with Crippen LogP contribution in [0, 0.1) is 0 Å². The fourth-order valence-corrected chi connectivity index (χ4v) is 2.67. The van der Waals surface area contributed by atoms with Crippen LogP contribution < -0.4 is 5.56 Å². The van der Waals surface area contributed by atoms with E-state index >= 15 is 0 Å². The third-order valence-corrected chi connectivity index (χ3v) is 3.88. The first-order valence-electron chi connectivity index (χ1n) is 7.32. The second kappa shape index (κ2) is 6.56. The van der Waals surface area contributed by atoms with Gasteiger partial charge in [0.2, 0.25) is 11.8 Å². The summed E-state index contributed by atoms with van der Waals surface area (Å²) < 4.78 is 1.37. The number of aromatic nitrogens is 1. The molecule has 0 bridgehead atoms. The zero-order valence-electron chi connectivity index (χ0n) is 12.5. The van der Waals surface area contributed by atoms with Crippen molar-refractivity contribution in [2.24, 2.45) is 0 Å². The highest BCUT2D eigenvalue weighted by Gasteiger charge is 2.35. The number of hydrogen-bond acceptors (Lipinski definition) is 3. The summed E-state index contributed by atoms with van der Waals surface area (Å²) in [5.41, 5.74) is -0.211. The van der Waals surface area contributed by atoms with Crippen LogP contribution in [0.3, 0.4) is 0 Å². The predicted molar refractivity (Wildman–Crippen MR) is 78.7 cm³/mol. The second-order valence-corrected chi connectivity index (χ2v) is 5.10. The SMILES string of the molecule is CCC1C(=O)N(CC)CCN1C(=O)Cn1ccccc1=O. The molecule has 1 fully saturated rings. The molecular formula is C15H21N3O3. The highest BCUT2D eigenvalue weighted by molar-refractivity contribution is 5.88. The first-order chi connectivity index (χ1) is 10.1. The van der Waals surface area contributed by atoms with E-state index in [4.69, 9.17) is 0 Å². The number of amides is 2. The Kier molecular flexibility index (Phi) is 4.77. The molecule has 114 valence electrons. The number of nitrogens with zero attached hydrogens (tertiary/aromatic N) is 3. The molecule has 1 aromatic rings. The van der Waals surface area contributed by atoms with Crippen molar-refractivity contribution in [1.29, 1.82) is 0 Å². The van der Waals surface area contributed by atoms with Crippen LogP contribution in [-0.2, 0) is 16.1 Å². The van der Waals surface area contributed by atoms with E-state index in [9.17, 15) is 14.4 Å². The summed E-state index contributed by atoms with van der Waals surface area (Å²) in [6.07, 6.45) is 2.18. The Balaban J connectivity index is 2.13. The molecule has 6 nitrogen and oxygen atoms in total. The maximum absolute atomic E-state index is 12.4. The molecule has 0 N–H and O–H groups in total. The Morgan fingerprint density at radius 3 is 2.62 bits per heavy atom. The summed E-state index contributed by atoms with van der Waals surface area (Å²) in [6.45, 7) is 5.56. The number of pyridine rings is 1. The van der Waals surface area contributed by atoms with Crippen molar-refractivity contribution in [1.82, 2.24) is 14.4 Å². The topological polar surface area (TPSA) is 62.6 Å². The average Bonchev–Trinajstić information content (AvgIpc) is 2.49. The van der Waals surface area contributed by atoms with Gasteiger partial charge in [0.15, 0.2) is 0 Å². The molecular weight excluding hydrogens is 270 g/mol. The Bertz CT molecular complexity index is 582. The van der Waals surface area contributed by atoms with Crippen LogP contribution in [0.4, 0.5) is 0 Å². The zero-order chi connectivity index (χ0) is 15.4. The van der Waals surface area contributed by atoms with E-state index in [1.54, 1.807) is 28.1 Å². The van der Waals surface area contributed by atoms with Crippen molar-refractivity contribution in [3.05, 3.63) is 34.7 Å². The van der Waals surface area contributed by atoms with E-state index in [2.05, 4.69) is 0 Å². The lowest BCUT2D eigenvalue weighted by Crippen LogP contribution is -2.59. The summed E-state index contributed by atoms with van der Waals surface area (Å²) in [5, 5.41) is 0. The molecule has 6 heteroatoms. The number of piperazine rings is 1. The third kappa shape index (κ3) is 3.15. The number of likely N-dealkylation sites (N-methyl/N-ethyl adjacent to an activating group) is 1. The largest absolute Gasteiger partial charge is 0.339 e. The minimum Gasteiger partial charge on any atom is -0.339 e. The maximum atomic E-state index is 12.4. The van der Waals surface area contributed by atoms with Crippen molar-refractivity contribution in [3.8, 4) is 0 Å². The molecule has 1 unspecified atom stereocenters. The van der Waals surface area contributed by atoms with Gasteiger partial charge in [-0.05, 0) is 19.4 Å². The van der Waals surface area contributed by atoms with Crippen molar-refractivity contribution in [3.63, 3.8) is 0 Å². The number of carbonyl (C=O) groups is 2. The van der Waals surface area contributed by atoms with Crippen molar-refractivity contribution in [2.45, 2.75) is 32.9 Å². The lowest BCUT2D eigenvalue weighted by molar-refractivity contribution is -0.151. The van der Waals surface area contributed by atoms with Crippen LogP contribution >= 0.6 is 0 Å². The molecule has 0 aromatic carbocycles. The monoisotopic (exact) mass is 291 g/mol. The van der Waals surface area contributed by atoms with Crippen LogP contribution in [-0.4, -0.2) is 51.9 Å². The van der Waals surface area contributed by atoms with Gasteiger partial charge in [0, 0.05) is 31.9 Å². The lowest BCUT2D eigenvalue weighted by Gasteiger charge is -2.40. The van der Waals surface area contributed by atoms with Crippen LogP contribution in [0.15, 0.2) is 29.2 Å². The summed E-state index contributed by atoms with van der Waals surface area (Å²) in [4.78, 5) is 39.8. The fraction of sp³-hybridized carbons (Fsp3) is 0.533. The molecule has 0 radical (unpaired) electrons. The van der Waals surface area contributed by atoms with Crippen molar-refractivity contribution >= 4 is 11.8 Å². The van der Waals surface area contributed by atoms with Gasteiger partial charge in [-0.1, -0.05) is 13.0 Å². The van der Waals surface area contributed by atoms with Crippen LogP contribution in [0.1, 0.15) is 20.3 Å². The minimum absolute atomic E-state index is 0.00000798. The van der Waals surface area contributed by atoms with Gasteiger partial charge < -0.3 is 14.4 Å². The minimum atomic E-state index is -0.411.